The molecular formula is C10H9FO3. The van der Waals surface area contributed by atoms with E-state index in [1.54, 1.807) is 0 Å². The molecular weight excluding hydrogens is 187 g/mol. The van der Waals surface area contributed by atoms with Crippen molar-refractivity contribution in [1.29, 1.82) is 0 Å². The number of hydrogen-bond donors (Lipinski definition) is 0. The van der Waals surface area contributed by atoms with Crippen LogP contribution in [0.15, 0.2) is 23.7 Å². The highest BCUT2D eigenvalue weighted by molar-refractivity contribution is 5.92. The normalized spacial score (nSPS) is 30.2. The van der Waals surface area contributed by atoms with Gasteiger partial charge in [0.15, 0.2) is 5.78 Å². The van der Waals surface area contributed by atoms with E-state index in [4.69, 9.17) is 4.74 Å². The number of carbonyl (C=O) groups is 2. The Morgan fingerprint density at radius 1 is 1.64 bits per heavy atom. The highest BCUT2D eigenvalue weighted by Crippen LogP contribution is 2.35. The number of fused-ring (bicyclic) bond motifs is 1. The molecule has 0 spiro atoms. The molecule has 2 rings (SSSR count). The summed E-state index contributed by atoms with van der Waals surface area (Å²) in [7, 11) is 0. The van der Waals surface area contributed by atoms with E-state index in [1.165, 1.54) is 12.3 Å². The molecule has 74 valence electrons. The summed E-state index contributed by atoms with van der Waals surface area (Å²) in [5.41, 5.74) is 0.317. The lowest BCUT2D eigenvalue weighted by Crippen LogP contribution is -2.29. The predicted molar refractivity (Wildman–Crippen MR) is 45.9 cm³/mol. The van der Waals surface area contributed by atoms with E-state index in [9.17, 15) is 14.0 Å². The SMILES string of the molecule is O=CCC1C=C(F)C2=COCC2C1=O. The molecule has 0 aromatic rings. The maximum Gasteiger partial charge on any atom is 0.151 e. The largest absolute Gasteiger partial charge is 0.500 e. The van der Waals surface area contributed by atoms with Crippen molar-refractivity contribution >= 4 is 12.1 Å². The summed E-state index contributed by atoms with van der Waals surface area (Å²) in [5, 5.41) is 0. The van der Waals surface area contributed by atoms with E-state index in [0.29, 0.717) is 11.9 Å². The van der Waals surface area contributed by atoms with Crippen LogP contribution < -0.4 is 0 Å². The Morgan fingerprint density at radius 3 is 3.14 bits per heavy atom. The summed E-state index contributed by atoms with van der Waals surface area (Å²) in [6, 6.07) is 0. The van der Waals surface area contributed by atoms with Gasteiger partial charge in [0, 0.05) is 17.9 Å². The summed E-state index contributed by atoms with van der Waals surface area (Å²) in [4.78, 5) is 21.9. The topological polar surface area (TPSA) is 43.4 Å². The van der Waals surface area contributed by atoms with Crippen molar-refractivity contribution in [2.45, 2.75) is 6.42 Å². The van der Waals surface area contributed by atoms with Crippen molar-refractivity contribution in [2.24, 2.45) is 11.8 Å². The van der Waals surface area contributed by atoms with Gasteiger partial charge >= 0.3 is 0 Å². The Kier molecular flexibility index (Phi) is 2.19. The van der Waals surface area contributed by atoms with Crippen LogP contribution in [0.4, 0.5) is 4.39 Å². The molecule has 2 atom stereocenters. The number of aldehydes is 1. The molecule has 1 heterocycles. The molecule has 1 aliphatic carbocycles. The summed E-state index contributed by atoms with van der Waals surface area (Å²) in [6.07, 6.45) is 3.17. The van der Waals surface area contributed by atoms with Crippen molar-refractivity contribution in [2.75, 3.05) is 6.61 Å². The molecule has 0 aromatic heterocycles. The number of rotatable bonds is 2. The number of halogens is 1. The summed E-state index contributed by atoms with van der Waals surface area (Å²) < 4.78 is 18.2. The fraction of sp³-hybridized carbons (Fsp3) is 0.400. The number of allylic oxidation sites excluding steroid dienone is 2. The standard InChI is InChI=1S/C10H9FO3/c11-9-3-6(1-2-12)10(13)8-5-14-4-7(8)9/h2-4,6,8H,1,5H2. The molecule has 0 saturated carbocycles. The van der Waals surface area contributed by atoms with Crippen molar-refractivity contribution in [1.82, 2.24) is 0 Å². The van der Waals surface area contributed by atoms with Crippen LogP contribution in [0.3, 0.4) is 0 Å². The van der Waals surface area contributed by atoms with Crippen LogP contribution in [-0.2, 0) is 14.3 Å². The summed E-state index contributed by atoms with van der Waals surface area (Å²) in [6.45, 7) is 0.199. The van der Waals surface area contributed by atoms with Crippen LogP contribution in [0.2, 0.25) is 0 Å². The number of ether oxygens (including phenoxy) is 1. The second kappa shape index (κ2) is 3.36. The molecule has 4 heteroatoms. The maximum atomic E-state index is 13.3. The average Bonchev–Trinajstić information content (AvgIpc) is 2.63. The molecule has 1 aliphatic heterocycles. The highest BCUT2D eigenvalue weighted by Gasteiger charge is 2.38. The zero-order chi connectivity index (χ0) is 10.1. The molecule has 0 saturated heterocycles. The molecule has 0 fully saturated rings. The first-order chi connectivity index (χ1) is 6.74. The van der Waals surface area contributed by atoms with Crippen molar-refractivity contribution in [3.05, 3.63) is 23.7 Å². The third-order valence-corrected chi connectivity index (χ3v) is 2.53. The van der Waals surface area contributed by atoms with Crippen molar-refractivity contribution < 1.29 is 18.7 Å². The summed E-state index contributed by atoms with van der Waals surface area (Å²) >= 11 is 0. The maximum absolute atomic E-state index is 13.3. The van der Waals surface area contributed by atoms with E-state index in [-0.39, 0.29) is 18.8 Å². The Bertz CT molecular complexity index is 343. The van der Waals surface area contributed by atoms with Gasteiger partial charge in [0.25, 0.3) is 0 Å². The molecule has 2 unspecified atom stereocenters. The molecule has 14 heavy (non-hydrogen) atoms. The molecule has 2 aliphatic rings. The fourth-order valence-electron chi connectivity index (χ4n) is 1.77. The van der Waals surface area contributed by atoms with Crippen LogP contribution >= 0.6 is 0 Å². The smallest absolute Gasteiger partial charge is 0.151 e. The molecule has 0 aromatic carbocycles. The fourth-order valence-corrected chi connectivity index (χ4v) is 1.77. The number of carbonyl (C=O) groups excluding carboxylic acids is 2. The number of hydrogen-bond acceptors (Lipinski definition) is 3. The predicted octanol–water partition coefficient (Wildman–Crippen LogP) is 1.16. The zero-order valence-electron chi connectivity index (χ0n) is 7.40. The summed E-state index contributed by atoms with van der Waals surface area (Å²) in [5.74, 6) is -1.68. The minimum atomic E-state index is -0.614. The highest BCUT2D eigenvalue weighted by atomic mass is 19.1. The lowest BCUT2D eigenvalue weighted by Gasteiger charge is -2.20. The van der Waals surface area contributed by atoms with E-state index in [2.05, 4.69) is 0 Å². The lowest BCUT2D eigenvalue weighted by molar-refractivity contribution is -0.126. The first-order valence-electron chi connectivity index (χ1n) is 4.40. The minimum Gasteiger partial charge on any atom is -0.500 e. The first-order valence-corrected chi connectivity index (χ1v) is 4.40. The van der Waals surface area contributed by atoms with Gasteiger partial charge in [-0.3, -0.25) is 4.79 Å². The Labute approximate surface area is 80.2 Å². The van der Waals surface area contributed by atoms with Gasteiger partial charge in [0.05, 0.1) is 12.2 Å². The van der Waals surface area contributed by atoms with Crippen LogP contribution in [0.1, 0.15) is 6.42 Å². The van der Waals surface area contributed by atoms with E-state index < -0.39 is 17.7 Å². The van der Waals surface area contributed by atoms with E-state index in [1.807, 2.05) is 0 Å². The van der Waals surface area contributed by atoms with Crippen molar-refractivity contribution in [3.63, 3.8) is 0 Å². The third kappa shape index (κ3) is 1.27. The van der Waals surface area contributed by atoms with Gasteiger partial charge in [-0.05, 0) is 6.08 Å². The molecule has 0 bridgehead atoms. The monoisotopic (exact) mass is 196 g/mol. The van der Waals surface area contributed by atoms with Gasteiger partial charge in [-0.15, -0.1) is 0 Å². The van der Waals surface area contributed by atoms with Gasteiger partial charge in [-0.2, -0.15) is 0 Å². The van der Waals surface area contributed by atoms with Gasteiger partial charge in [0.1, 0.15) is 18.7 Å². The average molecular weight is 196 g/mol. The molecule has 0 amide bonds. The Balaban J connectivity index is 2.31. The molecule has 3 nitrogen and oxygen atoms in total. The number of ketones is 1. The van der Waals surface area contributed by atoms with Crippen LogP contribution in [0.5, 0.6) is 0 Å². The van der Waals surface area contributed by atoms with Crippen LogP contribution in [-0.4, -0.2) is 18.7 Å². The third-order valence-electron chi connectivity index (χ3n) is 2.53. The first kappa shape index (κ1) is 9.12. The second-order valence-corrected chi connectivity index (χ2v) is 3.38. The second-order valence-electron chi connectivity index (χ2n) is 3.38. The Morgan fingerprint density at radius 2 is 2.43 bits per heavy atom. The zero-order valence-corrected chi connectivity index (χ0v) is 7.40. The van der Waals surface area contributed by atoms with Crippen LogP contribution in [0, 0.1) is 11.8 Å². The lowest BCUT2D eigenvalue weighted by atomic mass is 9.81. The minimum absolute atomic E-state index is 0.0516. The van der Waals surface area contributed by atoms with E-state index >= 15 is 0 Å². The van der Waals surface area contributed by atoms with Gasteiger partial charge in [0.2, 0.25) is 0 Å². The molecule has 0 N–H and O–H groups in total. The van der Waals surface area contributed by atoms with Gasteiger partial charge < -0.3 is 9.53 Å². The quantitative estimate of drug-likeness (QED) is 0.622. The van der Waals surface area contributed by atoms with Gasteiger partial charge in [-0.25, -0.2) is 4.39 Å². The van der Waals surface area contributed by atoms with E-state index in [0.717, 1.165) is 0 Å². The van der Waals surface area contributed by atoms with Crippen LogP contribution in [0.25, 0.3) is 0 Å². The van der Waals surface area contributed by atoms with Gasteiger partial charge in [-0.1, -0.05) is 0 Å². The van der Waals surface area contributed by atoms with Crippen molar-refractivity contribution in [3.8, 4) is 0 Å². The number of Topliss-reactive ketones (excluding diaryl/α,β-unsaturated/α-hetero) is 1. The Hall–Kier alpha value is -1.45. The molecule has 0 radical (unpaired) electrons.